The Morgan fingerprint density at radius 2 is 2.60 bits per heavy atom. The molecule has 0 aromatic carbocycles. The highest BCUT2D eigenvalue weighted by Gasteiger charge is 2.06. The molecular formula is C6H6ClNO2. The molecule has 0 unspecified atom stereocenters. The Hall–Kier alpha value is -0.830. The molecule has 0 saturated heterocycles. The van der Waals surface area contributed by atoms with Crippen molar-refractivity contribution in [2.24, 2.45) is 5.18 Å². The van der Waals surface area contributed by atoms with Crippen LogP contribution in [0.3, 0.4) is 0 Å². The number of halogens is 1. The summed E-state index contributed by atoms with van der Waals surface area (Å²) >= 11 is 5.63. The lowest BCUT2D eigenvalue weighted by Gasteiger charge is -2.09. The second kappa shape index (κ2) is 3.37. The third-order valence-electron chi connectivity index (χ3n) is 1.09. The van der Waals surface area contributed by atoms with Crippen molar-refractivity contribution < 1.29 is 4.74 Å². The molecule has 1 aliphatic heterocycles. The van der Waals surface area contributed by atoms with E-state index in [1.807, 2.05) is 0 Å². The van der Waals surface area contributed by atoms with Crippen LogP contribution in [0, 0.1) is 4.91 Å². The van der Waals surface area contributed by atoms with Gasteiger partial charge in [0.25, 0.3) is 0 Å². The summed E-state index contributed by atoms with van der Waals surface area (Å²) < 4.78 is 5.00. The molecule has 0 radical (unpaired) electrons. The van der Waals surface area contributed by atoms with Crippen LogP contribution in [-0.2, 0) is 4.74 Å². The van der Waals surface area contributed by atoms with Crippen molar-refractivity contribution in [2.45, 2.75) is 0 Å². The second-order valence-corrected chi connectivity index (χ2v) is 2.18. The minimum Gasteiger partial charge on any atom is -0.490 e. The first-order valence-electron chi connectivity index (χ1n) is 2.81. The molecule has 1 rings (SSSR count). The van der Waals surface area contributed by atoms with Gasteiger partial charge in [0.1, 0.15) is 18.9 Å². The quantitative estimate of drug-likeness (QED) is 0.577. The van der Waals surface area contributed by atoms with Crippen molar-refractivity contribution in [2.75, 3.05) is 13.2 Å². The molecule has 0 bridgehead atoms. The molecule has 0 saturated carbocycles. The minimum absolute atomic E-state index is 0.0170. The first-order valence-corrected chi connectivity index (χ1v) is 3.19. The summed E-state index contributed by atoms with van der Waals surface area (Å²) in [5, 5.41) is 3.12. The summed E-state index contributed by atoms with van der Waals surface area (Å²) in [6.45, 7) is 0.490. The van der Waals surface area contributed by atoms with Gasteiger partial charge < -0.3 is 4.74 Å². The molecule has 0 N–H and O–H groups in total. The van der Waals surface area contributed by atoms with Crippen LogP contribution < -0.4 is 0 Å². The molecule has 0 atom stereocenters. The van der Waals surface area contributed by atoms with Gasteiger partial charge in [0, 0.05) is 0 Å². The molecule has 0 aromatic rings. The molecule has 4 heteroatoms. The number of hydrogen-bond donors (Lipinski definition) is 0. The number of nitrogens with zero attached hydrogens (tertiary/aromatic N) is 1. The zero-order chi connectivity index (χ0) is 7.40. The molecule has 54 valence electrons. The highest BCUT2D eigenvalue weighted by atomic mass is 35.5. The van der Waals surface area contributed by atoms with Crippen LogP contribution in [0.1, 0.15) is 0 Å². The Morgan fingerprint density at radius 1 is 1.80 bits per heavy atom. The van der Waals surface area contributed by atoms with E-state index in [1.165, 1.54) is 0 Å². The molecule has 0 spiro atoms. The zero-order valence-corrected chi connectivity index (χ0v) is 5.97. The smallest absolute Gasteiger partial charge is 0.140 e. The molecule has 10 heavy (non-hydrogen) atoms. The highest BCUT2D eigenvalue weighted by molar-refractivity contribution is 6.31. The number of rotatable bonds is 2. The SMILES string of the molecule is O=NCC1=C(Cl)C=CCO1. The first-order chi connectivity index (χ1) is 4.84. The van der Waals surface area contributed by atoms with E-state index >= 15 is 0 Å². The van der Waals surface area contributed by atoms with Crippen molar-refractivity contribution in [1.82, 2.24) is 0 Å². The molecular weight excluding hydrogens is 154 g/mol. The normalized spacial score (nSPS) is 16.9. The Balaban J connectivity index is 2.68. The van der Waals surface area contributed by atoms with Gasteiger partial charge in [-0.05, 0) is 12.2 Å². The van der Waals surface area contributed by atoms with E-state index in [-0.39, 0.29) is 6.54 Å². The van der Waals surface area contributed by atoms with Crippen LogP contribution in [0.2, 0.25) is 0 Å². The third-order valence-corrected chi connectivity index (χ3v) is 1.43. The molecule has 3 nitrogen and oxygen atoms in total. The maximum Gasteiger partial charge on any atom is 0.140 e. The minimum atomic E-state index is 0.0170. The summed E-state index contributed by atoms with van der Waals surface area (Å²) in [5.74, 6) is 0.458. The van der Waals surface area contributed by atoms with Gasteiger partial charge in [-0.1, -0.05) is 16.8 Å². The van der Waals surface area contributed by atoms with Gasteiger partial charge in [0.05, 0.1) is 5.03 Å². The van der Waals surface area contributed by atoms with Crippen LogP contribution >= 0.6 is 11.6 Å². The summed E-state index contributed by atoms with van der Waals surface area (Å²) in [5.41, 5.74) is 0. The van der Waals surface area contributed by atoms with E-state index < -0.39 is 0 Å². The van der Waals surface area contributed by atoms with Crippen molar-refractivity contribution in [1.29, 1.82) is 0 Å². The maximum absolute atomic E-state index is 9.77. The van der Waals surface area contributed by atoms with Gasteiger partial charge in [-0.25, -0.2) is 0 Å². The van der Waals surface area contributed by atoms with Gasteiger partial charge in [0.15, 0.2) is 0 Å². The van der Waals surface area contributed by atoms with E-state index in [2.05, 4.69) is 5.18 Å². The summed E-state index contributed by atoms with van der Waals surface area (Å²) in [6, 6.07) is 0. The number of allylic oxidation sites excluding steroid dienone is 2. The fourth-order valence-electron chi connectivity index (χ4n) is 0.642. The molecule has 0 amide bonds. The standard InChI is InChI=1S/C6H6ClNO2/c7-5-2-1-3-10-6(5)4-8-9/h1-2H,3-4H2. The summed E-state index contributed by atoms with van der Waals surface area (Å²) in [7, 11) is 0. The average Bonchev–Trinajstić information content (AvgIpc) is 1.94. The van der Waals surface area contributed by atoms with Crippen LogP contribution in [0.5, 0.6) is 0 Å². The predicted molar refractivity (Wildman–Crippen MR) is 38.6 cm³/mol. The largest absolute Gasteiger partial charge is 0.490 e. The monoisotopic (exact) mass is 159 g/mol. The molecule has 0 aromatic heterocycles. The average molecular weight is 160 g/mol. The van der Waals surface area contributed by atoms with Crippen LogP contribution in [0.25, 0.3) is 0 Å². The van der Waals surface area contributed by atoms with Gasteiger partial charge in [0.2, 0.25) is 0 Å². The van der Waals surface area contributed by atoms with Crippen LogP contribution in [0.15, 0.2) is 28.1 Å². The molecule has 0 fully saturated rings. The van der Waals surface area contributed by atoms with Crippen molar-refractivity contribution in [3.63, 3.8) is 0 Å². The van der Waals surface area contributed by atoms with Gasteiger partial charge in [-0.3, -0.25) is 0 Å². The predicted octanol–water partition coefficient (Wildman–Crippen LogP) is 1.79. The van der Waals surface area contributed by atoms with E-state index in [0.717, 1.165) is 0 Å². The van der Waals surface area contributed by atoms with Gasteiger partial charge in [-0.2, -0.15) is 4.91 Å². The van der Waals surface area contributed by atoms with Crippen molar-refractivity contribution in [3.05, 3.63) is 27.9 Å². The molecule has 0 aliphatic carbocycles. The Morgan fingerprint density at radius 3 is 3.20 bits per heavy atom. The summed E-state index contributed by atoms with van der Waals surface area (Å²) in [6.07, 6.45) is 3.47. The first kappa shape index (κ1) is 7.28. The Kier molecular flexibility index (Phi) is 2.45. The molecule has 1 heterocycles. The van der Waals surface area contributed by atoms with E-state index in [4.69, 9.17) is 16.3 Å². The fourth-order valence-corrected chi connectivity index (χ4v) is 0.845. The Bertz CT molecular complexity index is 198. The van der Waals surface area contributed by atoms with Crippen molar-refractivity contribution in [3.8, 4) is 0 Å². The van der Waals surface area contributed by atoms with Gasteiger partial charge in [-0.15, -0.1) is 0 Å². The van der Waals surface area contributed by atoms with E-state index in [9.17, 15) is 4.91 Å². The number of hydrogen-bond acceptors (Lipinski definition) is 3. The lowest BCUT2D eigenvalue weighted by atomic mass is 10.3. The van der Waals surface area contributed by atoms with E-state index in [0.29, 0.717) is 17.4 Å². The van der Waals surface area contributed by atoms with E-state index in [1.54, 1.807) is 12.2 Å². The lowest BCUT2D eigenvalue weighted by Crippen LogP contribution is -2.01. The topological polar surface area (TPSA) is 38.7 Å². The highest BCUT2D eigenvalue weighted by Crippen LogP contribution is 2.16. The van der Waals surface area contributed by atoms with Crippen LogP contribution in [-0.4, -0.2) is 13.2 Å². The molecule has 1 aliphatic rings. The number of nitroso groups, excluding NO2 is 1. The zero-order valence-electron chi connectivity index (χ0n) is 5.21. The van der Waals surface area contributed by atoms with Crippen LogP contribution in [0.4, 0.5) is 0 Å². The maximum atomic E-state index is 9.77. The lowest BCUT2D eigenvalue weighted by molar-refractivity contribution is 0.239. The van der Waals surface area contributed by atoms with Crippen molar-refractivity contribution >= 4 is 11.6 Å². The Labute approximate surface area is 63.3 Å². The second-order valence-electron chi connectivity index (χ2n) is 1.77. The summed E-state index contributed by atoms with van der Waals surface area (Å²) in [4.78, 5) is 9.77. The number of ether oxygens (including phenoxy) is 1. The third kappa shape index (κ3) is 1.57. The fraction of sp³-hybridized carbons (Fsp3) is 0.333. The van der Waals surface area contributed by atoms with Gasteiger partial charge >= 0.3 is 0 Å².